The van der Waals surface area contributed by atoms with Crippen molar-refractivity contribution in [3.8, 4) is 0 Å². The fourth-order valence-corrected chi connectivity index (χ4v) is 4.49. The average molecular weight is 285 g/mol. The molecule has 3 atom stereocenters. The molecule has 21 heavy (non-hydrogen) atoms. The van der Waals surface area contributed by atoms with E-state index in [4.69, 9.17) is 0 Å². The maximum Gasteiger partial charge on any atom is 0.0452 e. The lowest BCUT2D eigenvalue weighted by molar-refractivity contribution is 0.0518. The van der Waals surface area contributed by atoms with Crippen molar-refractivity contribution >= 4 is 0 Å². The largest absolute Gasteiger partial charge is 0.309 e. The minimum absolute atomic E-state index is 0.519. The summed E-state index contributed by atoms with van der Waals surface area (Å²) in [5, 5.41) is 3.75. The van der Waals surface area contributed by atoms with Crippen molar-refractivity contribution in [3.05, 3.63) is 35.4 Å². The molecule has 3 nitrogen and oxygen atoms in total. The SMILES string of the molecule is CC1CN2CCCC2CN1CC1NCCc2ccccc21. The molecular formula is C18H27N3. The third-order valence-corrected chi connectivity index (χ3v) is 5.70. The number of hydrogen-bond donors (Lipinski definition) is 1. The third kappa shape index (κ3) is 2.63. The first-order chi connectivity index (χ1) is 10.3. The van der Waals surface area contributed by atoms with Gasteiger partial charge in [0.05, 0.1) is 0 Å². The second kappa shape index (κ2) is 5.71. The number of fused-ring (bicyclic) bond motifs is 2. The number of benzene rings is 1. The van der Waals surface area contributed by atoms with Crippen molar-refractivity contribution < 1.29 is 0 Å². The van der Waals surface area contributed by atoms with Crippen LogP contribution in [0, 0.1) is 0 Å². The summed E-state index contributed by atoms with van der Waals surface area (Å²) >= 11 is 0. The van der Waals surface area contributed by atoms with E-state index < -0.39 is 0 Å². The maximum atomic E-state index is 3.75. The first kappa shape index (κ1) is 13.7. The van der Waals surface area contributed by atoms with Gasteiger partial charge in [0, 0.05) is 37.8 Å². The Labute approximate surface area is 128 Å². The van der Waals surface area contributed by atoms with Crippen LogP contribution in [0.1, 0.15) is 36.9 Å². The molecule has 3 heterocycles. The number of rotatable bonds is 2. The van der Waals surface area contributed by atoms with Crippen LogP contribution in [0.25, 0.3) is 0 Å². The van der Waals surface area contributed by atoms with Gasteiger partial charge in [-0.05, 0) is 50.4 Å². The Balaban J connectivity index is 1.49. The van der Waals surface area contributed by atoms with Gasteiger partial charge in [0.2, 0.25) is 0 Å². The molecule has 3 aliphatic heterocycles. The Morgan fingerprint density at radius 1 is 1.24 bits per heavy atom. The topological polar surface area (TPSA) is 18.5 Å². The van der Waals surface area contributed by atoms with Crippen molar-refractivity contribution in [1.82, 2.24) is 15.1 Å². The molecule has 1 aromatic carbocycles. The highest BCUT2D eigenvalue weighted by molar-refractivity contribution is 5.32. The Morgan fingerprint density at radius 3 is 3.10 bits per heavy atom. The lowest BCUT2D eigenvalue weighted by Crippen LogP contribution is -2.56. The van der Waals surface area contributed by atoms with Crippen LogP contribution in [0.15, 0.2) is 24.3 Å². The van der Waals surface area contributed by atoms with E-state index in [-0.39, 0.29) is 0 Å². The van der Waals surface area contributed by atoms with Crippen molar-refractivity contribution in [2.45, 2.75) is 44.3 Å². The Kier molecular flexibility index (Phi) is 3.74. The van der Waals surface area contributed by atoms with Crippen LogP contribution in [0.4, 0.5) is 0 Å². The van der Waals surface area contributed by atoms with Gasteiger partial charge < -0.3 is 5.32 Å². The average Bonchev–Trinajstić information content (AvgIpc) is 2.95. The molecule has 114 valence electrons. The Hall–Kier alpha value is -0.900. The van der Waals surface area contributed by atoms with E-state index in [1.807, 2.05) is 0 Å². The molecule has 1 N–H and O–H groups in total. The molecule has 4 rings (SSSR count). The van der Waals surface area contributed by atoms with Crippen LogP contribution in [-0.2, 0) is 6.42 Å². The van der Waals surface area contributed by atoms with Crippen LogP contribution in [0.3, 0.4) is 0 Å². The molecule has 3 heteroatoms. The first-order valence-electron chi connectivity index (χ1n) is 8.60. The maximum absolute atomic E-state index is 3.75. The second-order valence-corrected chi connectivity index (χ2v) is 7.05. The molecule has 0 spiro atoms. The fourth-order valence-electron chi connectivity index (χ4n) is 4.49. The van der Waals surface area contributed by atoms with E-state index >= 15 is 0 Å². The van der Waals surface area contributed by atoms with Gasteiger partial charge in [0.1, 0.15) is 0 Å². The van der Waals surface area contributed by atoms with E-state index in [1.165, 1.54) is 51.0 Å². The normalized spacial score (nSPS) is 33.7. The van der Waals surface area contributed by atoms with Gasteiger partial charge in [-0.2, -0.15) is 0 Å². The Bertz CT molecular complexity index is 501. The molecule has 3 unspecified atom stereocenters. The van der Waals surface area contributed by atoms with Crippen molar-refractivity contribution in [2.75, 3.05) is 32.7 Å². The summed E-state index contributed by atoms with van der Waals surface area (Å²) in [6, 6.07) is 11.0. The van der Waals surface area contributed by atoms with E-state index in [0.29, 0.717) is 12.1 Å². The summed E-state index contributed by atoms with van der Waals surface area (Å²) in [4.78, 5) is 5.44. The molecule has 2 fully saturated rings. The molecule has 0 bridgehead atoms. The standard InChI is InChI=1S/C18H27N3/c1-14-11-20-10-4-6-16(20)12-21(14)13-18-17-7-3-2-5-15(17)8-9-19-18/h2-3,5,7,14,16,18-19H,4,6,8-13H2,1H3. The lowest BCUT2D eigenvalue weighted by atomic mass is 9.93. The van der Waals surface area contributed by atoms with Gasteiger partial charge in [-0.1, -0.05) is 24.3 Å². The fraction of sp³-hybridized carbons (Fsp3) is 0.667. The molecule has 0 radical (unpaired) electrons. The third-order valence-electron chi connectivity index (χ3n) is 5.70. The van der Waals surface area contributed by atoms with Crippen LogP contribution in [0.2, 0.25) is 0 Å². The number of hydrogen-bond acceptors (Lipinski definition) is 3. The molecule has 0 saturated carbocycles. The second-order valence-electron chi connectivity index (χ2n) is 7.05. The van der Waals surface area contributed by atoms with Gasteiger partial charge in [-0.25, -0.2) is 0 Å². The molecule has 1 aromatic rings. The van der Waals surface area contributed by atoms with Gasteiger partial charge >= 0.3 is 0 Å². The van der Waals surface area contributed by atoms with Gasteiger partial charge in [-0.3, -0.25) is 9.80 Å². The summed E-state index contributed by atoms with van der Waals surface area (Å²) in [6.07, 6.45) is 3.98. The Morgan fingerprint density at radius 2 is 2.14 bits per heavy atom. The number of nitrogens with zero attached hydrogens (tertiary/aromatic N) is 2. The van der Waals surface area contributed by atoms with Gasteiger partial charge in [-0.15, -0.1) is 0 Å². The van der Waals surface area contributed by atoms with Crippen molar-refractivity contribution in [1.29, 1.82) is 0 Å². The zero-order valence-corrected chi connectivity index (χ0v) is 13.1. The van der Waals surface area contributed by atoms with E-state index in [9.17, 15) is 0 Å². The summed E-state index contributed by atoms with van der Waals surface area (Å²) in [5.41, 5.74) is 3.08. The predicted molar refractivity (Wildman–Crippen MR) is 86.5 cm³/mol. The monoisotopic (exact) mass is 285 g/mol. The van der Waals surface area contributed by atoms with Crippen LogP contribution in [0.5, 0.6) is 0 Å². The van der Waals surface area contributed by atoms with Gasteiger partial charge in [0.15, 0.2) is 0 Å². The number of piperazine rings is 1. The summed E-state index contributed by atoms with van der Waals surface area (Å²) in [5.74, 6) is 0. The quantitative estimate of drug-likeness (QED) is 0.897. The molecule has 0 aliphatic carbocycles. The minimum atomic E-state index is 0.519. The number of nitrogens with one attached hydrogen (secondary N) is 1. The summed E-state index contributed by atoms with van der Waals surface area (Å²) in [7, 11) is 0. The summed E-state index contributed by atoms with van der Waals surface area (Å²) < 4.78 is 0. The lowest BCUT2D eigenvalue weighted by Gasteiger charge is -2.44. The highest BCUT2D eigenvalue weighted by atomic mass is 15.3. The van der Waals surface area contributed by atoms with Crippen LogP contribution in [-0.4, -0.2) is 54.6 Å². The highest BCUT2D eigenvalue weighted by Gasteiger charge is 2.35. The van der Waals surface area contributed by atoms with Crippen LogP contribution < -0.4 is 5.32 Å². The minimum Gasteiger partial charge on any atom is -0.309 e. The molecule has 3 aliphatic rings. The molecular weight excluding hydrogens is 258 g/mol. The highest BCUT2D eigenvalue weighted by Crippen LogP contribution is 2.28. The summed E-state index contributed by atoms with van der Waals surface area (Å²) in [6.45, 7) is 8.55. The predicted octanol–water partition coefficient (Wildman–Crippen LogP) is 2.04. The van der Waals surface area contributed by atoms with Crippen molar-refractivity contribution in [3.63, 3.8) is 0 Å². The first-order valence-corrected chi connectivity index (χ1v) is 8.60. The molecule has 0 aromatic heterocycles. The van der Waals surface area contributed by atoms with E-state index in [1.54, 1.807) is 5.56 Å². The zero-order chi connectivity index (χ0) is 14.2. The zero-order valence-electron chi connectivity index (χ0n) is 13.1. The molecule has 0 amide bonds. The van der Waals surface area contributed by atoms with E-state index in [0.717, 1.165) is 12.6 Å². The van der Waals surface area contributed by atoms with Crippen molar-refractivity contribution in [2.24, 2.45) is 0 Å². The molecule has 2 saturated heterocycles. The van der Waals surface area contributed by atoms with E-state index in [2.05, 4.69) is 46.3 Å². The van der Waals surface area contributed by atoms with Crippen LogP contribution >= 0.6 is 0 Å². The smallest absolute Gasteiger partial charge is 0.0452 e. The van der Waals surface area contributed by atoms with Gasteiger partial charge in [0.25, 0.3) is 0 Å².